The predicted octanol–water partition coefficient (Wildman–Crippen LogP) is 2.88. The molecule has 5 heteroatoms. The second-order valence-electron chi connectivity index (χ2n) is 4.50. The van der Waals surface area contributed by atoms with Gasteiger partial charge < -0.3 is 10.4 Å². The van der Waals surface area contributed by atoms with Crippen molar-refractivity contribution in [3.05, 3.63) is 34.3 Å². The summed E-state index contributed by atoms with van der Waals surface area (Å²) in [6, 6.07) is 4.97. The van der Waals surface area contributed by atoms with Gasteiger partial charge in [0.1, 0.15) is 0 Å². The zero-order chi connectivity index (χ0) is 14.4. The van der Waals surface area contributed by atoms with Gasteiger partial charge in [0.15, 0.2) is 0 Å². The Balaban J connectivity index is 2.63. The van der Waals surface area contributed by atoms with Crippen LogP contribution in [-0.2, 0) is 4.79 Å². The Labute approximate surface area is 117 Å². The zero-order valence-electron chi connectivity index (χ0n) is 11.1. The summed E-state index contributed by atoms with van der Waals surface area (Å²) in [7, 11) is 0. The summed E-state index contributed by atoms with van der Waals surface area (Å²) in [6.07, 6.45) is 1.32. The minimum Gasteiger partial charge on any atom is -0.481 e. The van der Waals surface area contributed by atoms with Gasteiger partial charge in [-0.25, -0.2) is 0 Å². The van der Waals surface area contributed by atoms with Crippen LogP contribution in [0.3, 0.4) is 0 Å². The standard InChI is InChI=1S/C14H18ClNO3/c1-3-4-11(14(18)19)8-16-13(17)10-5-6-12(15)9(2)7-10/h5-7,11H,3-4,8H2,1-2H3,(H,16,17)(H,18,19). The summed E-state index contributed by atoms with van der Waals surface area (Å²) in [5.41, 5.74) is 1.31. The molecule has 0 saturated heterocycles. The van der Waals surface area contributed by atoms with E-state index in [2.05, 4.69) is 5.32 Å². The lowest BCUT2D eigenvalue weighted by atomic mass is 10.0. The van der Waals surface area contributed by atoms with Crippen molar-refractivity contribution in [3.63, 3.8) is 0 Å². The molecule has 0 bridgehead atoms. The van der Waals surface area contributed by atoms with Crippen LogP contribution in [0.5, 0.6) is 0 Å². The van der Waals surface area contributed by atoms with E-state index in [0.29, 0.717) is 17.0 Å². The molecule has 1 aromatic carbocycles. The lowest BCUT2D eigenvalue weighted by Gasteiger charge is -2.12. The van der Waals surface area contributed by atoms with Gasteiger partial charge in [0.2, 0.25) is 0 Å². The summed E-state index contributed by atoms with van der Waals surface area (Å²) in [5.74, 6) is -1.70. The number of rotatable bonds is 6. The van der Waals surface area contributed by atoms with Gasteiger partial charge in [0, 0.05) is 17.1 Å². The fraction of sp³-hybridized carbons (Fsp3) is 0.429. The number of hydrogen-bond donors (Lipinski definition) is 2. The highest BCUT2D eigenvalue weighted by Crippen LogP contribution is 2.16. The SMILES string of the molecule is CCCC(CNC(=O)c1ccc(Cl)c(C)c1)C(=O)O. The predicted molar refractivity (Wildman–Crippen MR) is 74.6 cm³/mol. The first-order valence-corrected chi connectivity index (χ1v) is 6.60. The van der Waals surface area contributed by atoms with Gasteiger partial charge in [-0.2, -0.15) is 0 Å². The number of halogens is 1. The van der Waals surface area contributed by atoms with Gasteiger partial charge in [0.25, 0.3) is 5.91 Å². The number of carboxylic acid groups (broad SMARTS) is 1. The average Bonchev–Trinajstić information content (AvgIpc) is 2.37. The van der Waals surface area contributed by atoms with Gasteiger partial charge in [-0.3, -0.25) is 9.59 Å². The fourth-order valence-corrected chi connectivity index (χ4v) is 1.88. The summed E-state index contributed by atoms with van der Waals surface area (Å²) >= 11 is 5.89. The molecule has 0 heterocycles. The topological polar surface area (TPSA) is 66.4 Å². The molecule has 0 aliphatic heterocycles. The number of amides is 1. The summed E-state index contributed by atoms with van der Waals surface area (Å²) in [4.78, 5) is 22.9. The summed E-state index contributed by atoms with van der Waals surface area (Å²) in [6.45, 7) is 3.88. The monoisotopic (exact) mass is 283 g/mol. The molecule has 1 amide bonds. The maximum absolute atomic E-state index is 11.9. The number of carbonyl (C=O) groups is 2. The molecular weight excluding hydrogens is 266 g/mol. The smallest absolute Gasteiger partial charge is 0.308 e. The number of carbonyl (C=O) groups excluding carboxylic acids is 1. The largest absolute Gasteiger partial charge is 0.481 e. The van der Waals surface area contributed by atoms with Crippen LogP contribution in [0.4, 0.5) is 0 Å². The Morgan fingerprint density at radius 1 is 1.42 bits per heavy atom. The average molecular weight is 284 g/mol. The van der Waals surface area contributed by atoms with E-state index in [0.717, 1.165) is 12.0 Å². The molecule has 104 valence electrons. The summed E-state index contributed by atoms with van der Waals surface area (Å²) in [5, 5.41) is 12.3. The van der Waals surface area contributed by atoms with E-state index < -0.39 is 11.9 Å². The molecule has 0 aliphatic carbocycles. The number of aryl methyl sites for hydroxylation is 1. The lowest BCUT2D eigenvalue weighted by molar-refractivity contribution is -0.141. The maximum Gasteiger partial charge on any atom is 0.308 e. The second kappa shape index (κ2) is 7.14. The van der Waals surface area contributed by atoms with E-state index in [1.807, 2.05) is 13.8 Å². The van der Waals surface area contributed by atoms with Crippen molar-refractivity contribution in [2.75, 3.05) is 6.54 Å². The van der Waals surface area contributed by atoms with E-state index >= 15 is 0 Å². The van der Waals surface area contributed by atoms with Crippen molar-refractivity contribution in [2.45, 2.75) is 26.7 Å². The highest BCUT2D eigenvalue weighted by Gasteiger charge is 2.17. The lowest BCUT2D eigenvalue weighted by Crippen LogP contribution is -2.32. The molecule has 1 aromatic rings. The Kier molecular flexibility index (Phi) is 5.83. The van der Waals surface area contributed by atoms with E-state index in [1.165, 1.54) is 0 Å². The van der Waals surface area contributed by atoms with Crippen molar-refractivity contribution < 1.29 is 14.7 Å². The van der Waals surface area contributed by atoms with Gasteiger partial charge >= 0.3 is 5.97 Å². The first-order chi connectivity index (χ1) is 8.95. The first-order valence-electron chi connectivity index (χ1n) is 6.22. The van der Waals surface area contributed by atoms with Crippen molar-refractivity contribution in [3.8, 4) is 0 Å². The molecule has 1 rings (SSSR count). The van der Waals surface area contributed by atoms with Crippen LogP contribution in [0.25, 0.3) is 0 Å². The number of aliphatic carboxylic acids is 1. The number of benzene rings is 1. The van der Waals surface area contributed by atoms with Crippen molar-refractivity contribution in [1.29, 1.82) is 0 Å². The van der Waals surface area contributed by atoms with E-state index in [4.69, 9.17) is 16.7 Å². The number of nitrogens with one attached hydrogen (secondary N) is 1. The van der Waals surface area contributed by atoms with Crippen molar-refractivity contribution in [1.82, 2.24) is 5.32 Å². The second-order valence-corrected chi connectivity index (χ2v) is 4.91. The Morgan fingerprint density at radius 3 is 2.63 bits per heavy atom. The number of carboxylic acids is 1. The molecule has 0 aliphatic rings. The third kappa shape index (κ3) is 4.56. The van der Waals surface area contributed by atoms with Crippen LogP contribution in [0, 0.1) is 12.8 Å². The van der Waals surface area contributed by atoms with Crippen LogP contribution >= 0.6 is 11.6 Å². The quantitative estimate of drug-likeness (QED) is 0.843. The van der Waals surface area contributed by atoms with Crippen LogP contribution < -0.4 is 5.32 Å². The third-order valence-corrected chi connectivity index (χ3v) is 3.34. The molecule has 4 nitrogen and oxygen atoms in total. The molecule has 1 atom stereocenters. The third-order valence-electron chi connectivity index (χ3n) is 2.92. The Bertz CT molecular complexity index is 474. The molecule has 0 spiro atoms. The van der Waals surface area contributed by atoms with Crippen molar-refractivity contribution >= 4 is 23.5 Å². The molecule has 0 aromatic heterocycles. The van der Waals surface area contributed by atoms with Crippen LogP contribution in [0.15, 0.2) is 18.2 Å². The van der Waals surface area contributed by atoms with Gasteiger partial charge in [-0.15, -0.1) is 0 Å². The Morgan fingerprint density at radius 2 is 2.11 bits per heavy atom. The van der Waals surface area contributed by atoms with Gasteiger partial charge in [0.05, 0.1) is 5.92 Å². The highest BCUT2D eigenvalue weighted by molar-refractivity contribution is 6.31. The fourth-order valence-electron chi connectivity index (χ4n) is 1.77. The molecule has 0 saturated carbocycles. The first kappa shape index (κ1) is 15.5. The zero-order valence-corrected chi connectivity index (χ0v) is 11.8. The molecular formula is C14H18ClNO3. The molecule has 2 N–H and O–H groups in total. The normalized spacial score (nSPS) is 11.9. The molecule has 0 radical (unpaired) electrons. The molecule has 1 unspecified atom stereocenters. The summed E-state index contributed by atoms with van der Waals surface area (Å²) < 4.78 is 0. The van der Waals surface area contributed by atoms with Crippen LogP contribution in [0.1, 0.15) is 35.7 Å². The minimum atomic E-state index is -0.880. The number of hydrogen-bond acceptors (Lipinski definition) is 2. The van der Waals surface area contributed by atoms with Gasteiger partial charge in [-0.1, -0.05) is 24.9 Å². The van der Waals surface area contributed by atoms with E-state index in [-0.39, 0.29) is 12.5 Å². The molecule has 19 heavy (non-hydrogen) atoms. The Hall–Kier alpha value is -1.55. The minimum absolute atomic E-state index is 0.143. The maximum atomic E-state index is 11.9. The van der Waals surface area contributed by atoms with Crippen LogP contribution in [0.2, 0.25) is 5.02 Å². The van der Waals surface area contributed by atoms with Crippen molar-refractivity contribution in [2.24, 2.45) is 5.92 Å². The van der Waals surface area contributed by atoms with Crippen LogP contribution in [-0.4, -0.2) is 23.5 Å². The van der Waals surface area contributed by atoms with E-state index in [1.54, 1.807) is 18.2 Å². The van der Waals surface area contributed by atoms with Gasteiger partial charge in [-0.05, 0) is 37.1 Å². The highest BCUT2D eigenvalue weighted by atomic mass is 35.5. The molecule has 0 fully saturated rings. The van der Waals surface area contributed by atoms with E-state index in [9.17, 15) is 9.59 Å².